The van der Waals surface area contributed by atoms with Crippen LogP contribution in [-0.4, -0.2) is 5.97 Å². The first kappa shape index (κ1) is 11.5. The molecular formula is C13H16O2. The molecule has 0 aliphatic rings. The highest BCUT2D eigenvalue weighted by Gasteiger charge is 2.05. The number of hydrogen-bond donors (Lipinski definition) is 0. The van der Waals surface area contributed by atoms with Crippen LogP contribution in [0.4, 0.5) is 0 Å². The largest absolute Gasteiger partial charge is 0.431 e. The summed E-state index contributed by atoms with van der Waals surface area (Å²) in [4.78, 5) is 10.9. The Balaban J connectivity index is 2.77. The van der Waals surface area contributed by atoms with Crippen molar-refractivity contribution in [2.75, 3.05) is 0 Å². The lowest BCUT2D eigenvalue weighted by Crippen LogP contribution is -2.03. The van der Waals surface area contributed by atoms with Crippen molar-refractivity contribution in [2.45, 2.75) is 27.2 Å². The summed E-state index contributed by atoms with van der Waals surface area (Å²) in [5.74, 6) is 0.482. The van der Waals surface area contributed by atoms with Gasteiger partial charge in [0.05, 0.1) is 0 Å². The fourth-order valence-electron chi connectivity index (χ4n) is 1.27. The number of carbonyl (C=O) groups is 1. The van der Waals surface area contributed by atoms with E-state index in [0.29, 0.717) is 6.42 Å². The Morgan fingerprint density at radius 1 is 1.13 bits per heavy atom. The Labute approximate surface area is 90.6 Å². The molecule has 0 atom stereocenters. The number of hydrogen-bond acceptors (Lipinski definition) is 2. The molecule has 1 rings (SSSR count). The molecule has 2 heteroatoms. The molecule has 0 N–H and O–H groups in total. The van der Waals surface area contributed by atoms with Crippen LogP contribution in [0, 0.1) is 0 Å². The molecule has 0 radical (unpaired) electrons. The fraction of sp³-hybridized carbons (Fsp3) is 0.308. The van der Waals surface area contributed by atoms with Crippen molar-refractivity contribution in [3.8, 4) is 0 Å². The second kappa shape index (κ2) is 5.35. The van der Waals surface area contributed by atoms with Gasteiger partial charge in [0.2, 0.25) is 0 Å². The number of ether oxygens (including phenoxy) is 1. The molecule has 0 saturated heterocycles. The summed E-state index contributed by atoms with van der Waals surface area (Å²) in [6.45, 7) is 5.32. The molecule has 15 heavy (non-hydrogen) atoms. The van der Waals surface area contributed by atoms with E-state index in [9.17, 15) is 4.79 Å². The molecule has 0 spiro atoms. The van der Waals surface area contributed by atoms with E-state index in [1.54, 1.807) is 0 Å². The summed E-state index contributed by atoms with van der Waals surface area (Å²) in [6, 6.07) is 9.97. The molecule has 0 amide bonds. The molecular weight excluding hydrogens is 188 g/mol. The predicted molar refractivity (Wildman–Crippen MR) is 60.3 cm³/mol. The quantitative estimate of drug-likeness (QED) is 0.558. The Morgan fingerprint density at radius 2 is 1.73 bits per heavy atom. The van der Waals surface area contributed by atoms with Gasteiger partial charge in [-0.2, -0.15) is 0 Å². The average Bonchev–Trinajstić information content (AvgIpc) is 2.17. The van der Waals surface area contributed by atoms with E-state index in [1.165, 1.54) is 6.92 Å². The van der Waals surface area contributed by atoms with Gasteiger partial charge in [0, 0.05) is 13.3 Å². The Kier molecular flexibility index (Phi) is 4.10. The molecule has 0 saturated carbocycles. The number of carbonyl (C=O) groups excluding carboxylic acids is 1. The van der Waals surface area contributed by atoms with E-state index in [2.05, 4.69) is 0 Å². The van der Waals surface area contributed by atoms with E-state index in [4.69, 9.17) is 4.74 Å². The van der Waals surface area contributed by atoms with E-state index in [0.717, 1.165) is 16.9 Å². The van der Waals surface area contributed by atoms with Crippen LogP contribution in [0.2, 0.25) is 0 Å². The highest BCUT2D eigenvalue weighted by molar-refractivity contribution is 5.67. The van der Waals surface area contributed by atoms with Gasteiger partial charge in [-0.1, -0.05) is 30.3 Å². The van der Waals surface area contributed by atoms with E-state index in [1.807, 2.05) is 44.2 Å². The molecule has 1 aromatic rings. The topological polar surface area (TPSA) is 26.3 Å². The second-order valence-electron chi connectivity index (χ2n) is 3.68. The highest BCUT2D eigenvalue weighted by atomic mass is 16.5. The van der Waals surface area contributed by atoms with E-state index >= 15 is 0 Å². The SMILES string of the molecule is CC(=O)OC(Cc1ccccc1)=C(C)C. The first-order valence-corrected chi connectivity index (χ1v) is 4.98. The zero-order valence-corrected chi connectivity index (χ0v) is 9.41. The van der Waals surface area contributed by atoms with Crippen molar-refractivity contribution in [1.82, 2.24) is 0 Å². The zero-order chi connectivity index (χ0) is 11.3. The summed E-state index contributed by atoms with van der Waals surface area (Å²) in [5, 5.41) is 0. The van der Waals surface area contributed by atoms with Gasteiger partial charge < -0.3 is 4.74 Å². The van der Waals surface area contributed by atoms with Crippen LogP contribution in [0.3, 0.4) is 0 Å². The van der Waals surface area contributed by atoms with Crippen molar-refractivity contribution in [3.63, 3.8) is 0 Å². The lowest BCUT2D eigenvalue weighted by atomic mass is 10.1. The van der Waals surface area contributed by atoms with Gasteiger partial charge in [0.15, 0.2) is 0 Å². The maximum absolute atomic E-state index is 10.9. The maximum Gasteiger partial charge on any atom is 0.307 e. The molecule has 0 fully saturated rings. The Bertz CT molecular complexity index is 359. The molecule has 0 unspecified atom stereocenters. The van der Waals surface area contributed by atoms with Crippen LogP contribution in [0.5, 0.6) is 0 Å². The second-order valence-corrected chi connectivity index (χ2v) is 3.68. The van der Waals surface area contributed by atoms with Gasteiger partial charge in [-0.25, -0.2) is 0 Å². The molecule has 80 valence electrons. The van der Waals surface area contributed by atoms with E-state index < -0.39 is 0 Å². The first-order valence-electron chi connectivity index (χ1n) is 4.98. The summed E-state index contributed by atoms with van der Waals surface area (Å²) in [6.07, 6.45) is 0.669. The van der Waals surface area contributed by atoms with Gasteiger partial charge in [0.1, 0.15) is 5.76 Å². The first-order chi connectivity index (χ1) is 7.09. The van der Waals surface area contributed by atoms with Gasteiger partial charge >= 0.3 is 5.97 Å². The smallest absolute Gasteiger partial charge is 0.307 e. The van der Waals surface area contributed by atoms with Gasteiger partial charge in [-0.05, 0) is 25.0 Å². The fourth-order valence-corrected chi connectivity index (χ4v) is 1.27. The van der Waals surface area contributed by atoms with Crippen LogP contribution in [0.15, 0.2) is 41.7 Å². The Morgan fingerprint density at radius 3 is 2.20 bits per heavy atom. The minimum atomic E-state index is -0.262. The molecule has 0 heterocycles. The van der Waals surface area contributed by atoms with Crippen LogP contribution in [-0.2, 0) is 16.0 Å². The van der Waals surface area contributed by atoms with Crippen molar-refractivity contribution < 1.29 is 9.53 Å². The summed E-state index contributed by atoms with van der Waals surface area (Å²) >= 11 is 0. The predicted octanol–water partition coefficient (Wildman–Crippen LogP) is 3.09. The summed E-state index contributed by atoms with van der Waals surface area (Å²) in [7, 11) is 0. The number of allylic oxidation sites excluding steroid dienone is 2. The van der Waals surface area contributed by atoms with Gasteiger partial charge in [-0.3, -0.25) is 4.79 Å². The molecule has 0 aliphatic heterocycles. The standard InChI is InChI=1S/C13H16O2/c1-10(2)13(15-11(3)14)9-12-7-5-4-6-8-12/h4-8H,9H2,1-3H3. The van der Waals surface area contributed by atoms with Crippen LogP contribution >= 0.6 is 0 Å². The lowest BCUT2D eigenvalue weighted by Gasteiger charge is -2.09. The number of benzene rings is 1. The molecule has 0 aliphatic carbocycles. The maximum atomic E-state index is 10.9. The van der Waals surface area contributed by atoms with Crippen molar-refractivity contribution in [3.05, 3.63) is 47.2 Å². The molecule has 0 aromatic heterocycles. The average molecular weight is 204 g/mol. The van der Waals surface area contributed by atoms with Crippen molar-refractivity contribution >= 4 is 5.97 Å². The third kappa shape index (κ3) is 3.98. The molecule has 2 nitrogen and oxygen atoms in total. The monoisotopic (exact) mass is 204 g/mol. The van der Waals surface area contributed by atoms with E-state index in [-0.39, 0.29) is 5.97 Å². The minimum Gasteiger partial charge on any atom is -0.431 e. The van der Waals surface area contributed by atoms with Crippen molar-refractivity contribution in [2.24, 2.45) is 0 Å². The van der Waals surface area contributed by atoms with Crippen LogP contribution in [0.25, 0.3) is 0 Å². The number of rotatable bonds is 3. The molecule has 0 bridgehead atoms. The summed E-state index contributed by atoms with van der Waals surface area (Å²) < 4.78 is 5.16. The van der Waals surface area contributed by atoms with Crippen LogP contribution < -0.4 is 0 Å². The zero-order valence-electron chi connectivity index (χ0n) is 9.41. The number of esters is 1. The third-order valence-corrected chi connectivity index (χ3v) is 2.03. The minimum absolute atomic E-state index is 0.262. The Hall–Kier alpha value is -1.57. The lowest BCUT2D eigenvalue weighted by molar-refractivity contribution is -0.137. The van der Waals surface area contributed by atoms with Gasteiger partial charge in [0.25, 0.3) is 0 Å². The van der Waals surface area contributed by atoms with Crippen molar-refractivity contribution in [1.29, 1.82) is 0 Å². The highest BCUT2D eigenvalue weighted by Crippen LogP contribution is 2.13. The molecule has 1 aromatic carbocycles. The normalized spacial score (nSPS) is 9.53. The third-order valence-electron chi connectivity index (χ3n) is 2.03. The van der Waals surface area contributed by atoms with Crippen LogP contribution in [0.1, 0.15) is 26.3 Å². The summed E-state index contributed by atoms with van der Waals surface area (Å²) in [5.41, 5.74) is 2.18. The van der Waals surface area contributed by atoms with Gasteiger partial charge in [-0.15, -0.1) is 0 Å².